The molecule has 2 rings (SSSR count). The van der Waals surface area contributed by atoms with Gasteiger partial charge in [-0.05, 0) is 26.2 Å². The van der Waals surface area contributed by atoms with Crippen LogP contribution in [0.25, 0.3) is 0 Å². The molecule has 2 fully saturated rings. The van der Waals surface area contributed by atoms with Crippen molar-refractivity contribution in [3.8, 4) is 0 Å². The number of hydrogen-bond donors (Lipinski definition) is 3. The summed E-state index contributed by atoms with van der Waals surface area (Å²) in [4.78, 5) is 0. The van der Waals surface area contributed by atoms with Gasteiger partial charge in [0.25, 0.3) is 0 Å². The van der Waals surface area contributed by atoms with Crippen molar-refractivity contribution in [1.82, 2.24) is 10.6 Å². The zero-order chi connectivity index (χ0) is 10.7. The smallest absolute Gasteiger partial charge is 0.0680 e. The van der Waals surface area contributed by atoms with Crippen molar-refractivity contribution in [1.29, 1.82) is 0 Å². The van der Waals surface area contributed by atoms with Gasteiger partial charge < -0.3 is 20.5 Å². The topological polar surface area (TPSA) is 53.5 Å². The van der Waals surface area contributed by atoms with E-state index >= 15 is 0 Å². The predicted molar refractivity (Wildman–Crippen MR) is 58.9 cm³/mol. The van der Waals surface area contributed by atoms with E-state index in [-0.39, 0.29) is 11.6 Å². The van der Waals surface area contributed by atoms with Crippen LogP contribution in [0, 0.1) is 0 Å². The first kappa shape index (κ1) is 11.3. The van der Waals surface area contributed by atoms with Crippen molar-refractivity contribution >= 4 is 0 Å². The summed E-state index contributed by atoms with van der Waals surface area (Å²) in [5, 5.41) is 16.3. The van der Waals surface area contributed by atoms with Gasteiger partial charge in [-0.3, -0.25) is 0 Å². The number of nitrogens with one attached hydrogen (secondary N) is 2. The molecule has 0 aliphatic carbocycles. The Kier molecular flexibility index (Phi) is 3.61. The van der Waals surface area contributed by atoms with Gasteiger partial charge in [0.2, 0.25) is 0 Å². The lowest BCUT2D eigenvalue weighted by atomic mass is 9.94. The Labute approximate surface area is 91.4 Å². The third kappa shape index (κ3) is 3.14. The monoisotopic (exact) mass is 214 g/mol. The van der Waals surface area contributed by atoms with Gasteiger partial charge in [-0.2, -0.15) is 0 Å². The summed E-state index contributed by atoms with van der Waals surface area (Å²) in [7, 11) is 0. The zero-order valence-corrected chi connectivity index (χ0v) is 9.46. The van der Waals surface area contributed by atoms with E-state index in [1.165, 1.54) is 6.42 Å². The molecule has 0 bridgehead atoms. The first-order valence-electron chi connectivity index (χ1n) is 5.92. The van der Waals surface area contributed by atoms with E-state index in [1.807, 2.05) is 0 Å². The Morgan fingerprint density at radius 1 is 1.60 bits per heavy atom. The minimum Gasteiger partial charge on any atom is -0.392 e. The van der Waals surface area contributed by atoms with Gasteiger partial charge in [-0.25, -0.2) is 0 Å². The molecule has 0 spiro atoms. The van der Waals surface area contributed by atoms with E-state index in [1.54, 1.807) is 0 Å². The van der Waals surface area contributed by atoms with Crippen LogP contribution < -0.4 is 10.6 Å². The van der Waals surface area contributed by atoms with Crippen molar-refractivity contribution < 1.29 is 9.84 Å². The molecule has 0 saturated carbocycles. The fraction of sp³-hybridized carbons (Fsp3) is 1.00. The first-order valence-corrected chi connectivity index (χ1v) is 5.92. The molecule has 0 amide bonds. The van der Waals surface area contributed by atoms with Crippen molar-refractivity contribution in [2.45, 2.75) is 43.9 Å². The normalized spacial score (nSPS) is 42.0. The average Bonchev–Trinajstić information content (AvgIpc) is 2.63. The van der Waals surface area contributed by atoms with Crippen LogP contribution in [0.1, 0.15) is 26.2 Å². The lowest BCUT2D eigenvalue weighted by molar-refractivity contribution is 0.0277. The third-order valence-corrected chi connectivity index (χ3v) is 3.41. The summed E-state index contributed by atoms with van der Waals surface area (Å²) in [6.07, 6.45) is 3.03. The molecule has 4 nitrogen and oxygen atoms in total. The second-order valence-corrected chi connectivity index (χ2v) is 5.09. The van der Waals surface area contributed by atoms with Gasteiger partial charge >= 0.3 is 0 Å². The molecule has 3 atom stereocenters. The fourth-order valence-corrected chi connectivity index (χ4v) is 2.40. The maximum absolute atomic E-state index is 9.39. The lowest BCUT2D eigenvalue weighted by Gasteiger charge is -2.35. The molecule has 0 aromatic rings. The van der Waals surface area contributed by atoms with Crippen molar-refractivity contribution in [2.24, 2.45) is 0 Å². The van der Waals surface area contributed by atoms with Gasteiger partial charge in [0.15, 0.2) is 0 Å². The molecule has 0 aromatic carbocycles. The molecule has 0 aromatic heterocycles. The number of aliphatic hydroxyl groups excluding tert-OH is 1. The molecular weight excluding hydrogens is 192 g/mol. The quantitative estimate of drug-likeness (QED) is 0.612. The number of ether oxygens (including phenoxy) is 1. The second kappa shape index (κ2) is 4.78. The van der Waals surface area contributed by atoms with Gasteiger partial charge in [-0.15, -0.1) is 0 Å². The standard InChI is InChI=1S/C11H22N2O2/c1-11(3-2-4-15-8-11)13-6-9-5-10(14)7-12-9/h9-10,12-14H,2-8H2,1H3. The maximum Gasteiger partial charge on any atom is 0.0680 e. The number of rotatable bonds is 3. The molecule has 0 radical (unpaired) electrons. The minimum atomic E-state index is -0.160. The molecule has 2 saturated heterocycles. The van der Waals surface area contributed by atoms with Crippen LogP contribution in [0.5, 0.6) is 0 Å². The van der Waals surface area contributed by atoms with Gasteiger partial charge in [0.05, 0.1) is 12.7 Å². The highest BCUT2D eigenvalue weighted by molar-refractivity contribution is 4.89. The molecule has 3 unspecified atom stereocenters. The van der Waals surface area contributed by atoms with Gasteiger partial charge in [0, 0.05) is 31.3 Å². The van der Waals surface area contributed by atoms with E-state index in [0.717, 1.165) is 39.1 Å². The highest BCUT2D eigenvalue weighted by Gasteiger charge is 2.29. The minimum absolute atomic E-state index is 0.132. The summed E-state index contributed by atoms with van der Waals surface area (Å²) in [6, 6.07) is 0.416. The van der Waals surface area contributed by atoms with Crippen LogP contribution in [0.4, 0.5) is 0 Å². The Balaban J connectivity index is 1.72. The molecule has 4 heteroatoms. The molecule has 2 heterocycles. The van der Waals surface area contributed by atoms with E-state index in [0.29, 0.717) is 6.04 Å². The van der Waals surface area contributed by atoms with Crippen molar-refractivity contribution in [3.63, 3.8) is 0 Å². The van der Waals surface area contributed by atoms with Crippen molar-refractivity contribution in [2.75, 3.05) is 26.3 Å². The Morgan fingerprint density at radius 2 is 2.47 bits per heavy atom. The Morgan fingerprint density at radius 3 is 3.07 bits per heavy atom. The van der Waals surface area contributed by atoms with Crippen LogP contribution in [0.3, 0.4) is 0 Å². The van der Waals surface area contributed by atoms with E-state index in [9.17, 15) is 5.11 Å². The molecule has 2 aliphatic rings. The number of hydrogen-bond acceptors (Lipinski definition) is 4. The second-order valence-electron chi connectivity index (χ2n) is 5.09. The number of aliphatic hydroxyl groups is 1. The SMILES string of the molecule is CC1(NCC2CC(O)CN2)CCCOC1. The number of β-amino-alcohol motifs (C(OH)–C–C–N with tert-alkyl or cyclic N) is 1. The molecule has 2 aliphatic heterocycles. The maximum atomic E-state index is 9.39. The predicted octanol–water partition coefficient (Wildman–Crippen LogP) is -0.132. The Hall–Kier alpha value is -0.160. The first-order chi connectivity index (χ1) is 7.18. The summed E-state index contributed by atoms with van der Waals surface area (Å²) in [6.45, 7) is 5.59. The Bertz CT molecular complexity index is 205. The van der Waals surface area contributed by atoms with E-state index in [2.05, 4.69) is 17.6 Å². The third-order valence-electron chi connectivity index (χ3n) is 3.41. The van der Waals surface area contributed by atoms with E-state index in [4.69, 9.17) is 4.74 Å². The fourth-order valence-electron chi connectivity index (χ4n) is 2.40. The molecule has 15 heavy (non-hydrogen) atoms. The largest absolute Gasteiger partial charge is 0.392 e. The average molecular weight is 214 g/mol. The molecule has 3 N–H and O–H groups in total. The summed E-state index contributed by atoms with van der Waals surface area (Å²) in [5.41, 5.74) is 0.132. The van der Waals surface area contributed by atoms with Crippen LogP contribution in [-0.4, -0.2) is 49.1 Å². The van der Waals surface area contributed by atoms with Gasteiger partial charge in [0.1, 0.15) is 0 Å². The van der Waals surface area contributed by atoms with Gasteiger partial charge in [-0.1, -0.05) is 0 Å². The summed E-state index contributed by atoms with van der Waals surface area (Å²) in [5.74, 6) is 0. The lowest BCUT2D eigenvalue weighted by Crippen LogP contribution is -2.52. The van der Waals surface area contributed by atoms with Crippen LogP contribution in [0.2, 0.25) is 0 Å². The van der Waals surface area contributed by atoms with Crippen LogP contribution in [0.15, 0.2) is 0 Å². The highest BCUT2D eigenvalue weighted by Crippen LogP contribution is 2.18. The van der Waals surface area contributed by atoms with Crippen molar-refractivity contribution in [3.05, 3.63) is 0 Å². The summed E-state index contributed by atoms with van der Waals surface area (Å²) >= 11 is 0. The van der Waals surface area contributed by atoms with E-state index < -0.39 is 0 Å². The highest BCUT2D eigenvalue weighted by atomic mass is 16.5. The molecule has 88 valence electrons. The zero-order valence-electron chi connectivity index (χ0n) is 9.46. The van der Waals surface area contributed by atoms with Crippen LogP contribution in [-0.2, 0) is 4.74 Å². The summed E-state index contributed by atoms with van der Waals surface area (Å²) < 4.78 is 5.49. The van der Waals surface area contributed by atoms with Crippen LogP contribution >= 0.6 is 0 Å². The molecular formula is C11H22N2O2.